The van der Waals surface area contributed by atoms with E-state index in [9.17, 15) is 9.90 Å². The molecule has 0 aliphatic rings. The summed E-state index contributed by atoms with van der Waals surface area (Å²) in [6.45, 7) is 0. The topological polar surface area (TPSA) is 59.7 Å². The second kappa shape index (κ2) is 3.49. The molecule has 0 amide bonds. The van der Waals surface area contributed by atoms with Gasteiger partial charge >= 0.3 is 4.94 Å². The fraction of sp³-hybridized carbons (Fsp3) is 0.0833. The van der Waals surface area contributed by atoms with Gasteiger partial charge in [-0.2, -0.15) is 0 Å². The third-order valence-electron chi connectivity index (χ3n) is 2.63. The van der Waals surface area contributed by atoms with Crippen LogP contribution in [-0.2, 0) is 0 Å². The quantitative estimate of drug-likeness (QED) is 0.719. The minimum absolute atomic E-state index is 0.0349. The Bertz CT molecular complexity index is 769. The van der Waals surface area contributed by atoms with Crippen molar-refractivity contribution < 1.29 is 14.3 Å². The molecule has 4 nitrogen and oxygen atoms in total. The Morgan fingerprint density at radius 3 is 2.71 bits per heavy atom. The van der Waals surface area contributed by atoms with E-state index in [1.54, 1.807) is 18.2 Å². The first-order valence-corrected chi connectivity index (χ1v) is 5.75. The van der Waals surface area contributed by atoms with Gasteiger partial charge in [-0.1, -0.05) is 24.3 Å². The van der Waals surface area contributed by atoms with Gasteiger partial charge in [0.15, 0.2) is 17.1 Å². The van der Waals surface area contributed by atoms with E-state index < -0.39 is 4.94 Å². The molecule has 0 fully saturated rings. The van der Waals surface area contributed by atoms with E-state index in [2.05, 4.69) is 0 Å². The first-order chi connectivity index (χ1) is 8.22. The highest BCUT2D eigenvalue weighted by Gasteiger charge is 2.18. The molecule has 0 saturated heterocycles. The van der Waals surface area contributed by atoms with Crippen LogP contribution in [0, 0.1) is 0 Å². The summed E-state index contributed by atoms with van der Waals surface area (Å²) in [5.41, 5.74) is 0.463. The Morgan fingerprint density at radius 2 is 2.00 bits per heavy atom. The number of aromatic hydroxyl groups is 1. The summed E-state index contributed by atoms with van der Waals surface area (Å²) in [6.07, 6.45) is 0. The number of methoxy groups -OCH3 is 1. The average molecular weight is 248 g/mol. The standard InChI is InChI=1S/C12H8O4S/c1-15-10-8(13)6-4-2-3-5-7(6)9-11(10)17-12(14)16-9/h2-5,13H,1H3. The highest BCUT2D eigenvalue weighted by molar-refractivity contribution is 7.16. The van der Waals surface area contributed by atoms with E-state index in [4.69, 9.17) is 9.15 Å². The van der Waals surface area contributed by atoms with Gasteiger partial charge in [-0.3, -0.25) is 0 Å². The number of hydrogen-bond acceptors (Lipinski definition) is 5. The van der Waals surface area contributed by atoms with E-state index in [0.717, 1.165) is 11.3 Å². The Kier molecular flexibility index (Phi) is 2.09. The monoisotopic (exact) mass is 248 g/mol. The largest absolute Gasteiger partial charge is 0.504 e. The molecular weight excluding hydrogens is 240 g/mol. The van der Waals surface area contributed by atoms with Crippen molar-refractivity contribution in [2.75, 3.05) is 7.11 Å². The van der Waals surface area contributed by atoms with E-state index in [-0.39, 0.29) is 11.5 Å². The maximum Gasteiger partial charge on any atom is 0.396 e. The fourth-order valence-electron chi connectivity index (χ4n) is 1.91. The fourth-order valence-corrected chi connectivity index (χ4v) is 2.72. The van der Waals surface area contributed by atoms with E-state index in [0.29, 0.717) is 21.1 Å². The van der Waals surface area contributed by atoms with Crippen LogP contribution in [0.1, 0.15) is 0 Å². The predicted molar refractivity (Wildman–Crippen MR) is 66.1 cm³/mol. The van der Waals surface area contributed by atoms with Gasteiger partial charge in [0.2, 0.25) is 0 Å². The molecule has 0 radical (unpaired) electrons. The zero-order chi connectivity index (χ0) is 12.0. The molecule has 0 atom stereocenters. The second-order valence-corrected chi connectivity index (χ2v) is 4.49. The summed E-state index contributed by atoms with van der Waals surface area (Å²) < 4.78 is 10.8. The summed E-state index contributed by atoms with van der Waals surface area (Å²) in [7, 11) is 1.45. The van der Waals surface area contributed by atoms with Crippen LogP contribution in [0.3, 0.4) is 0 Å². The van der Waals surface area contributed by atoms with Gasteiger partial charge in [-0.25, -0.2) is 4.79 Å². The summed E-state index contributed by atoms with van der Waals surface area (Å²) in [4.78, 5) is 10.9. The van der Waals surface area contributed by atoms with Crippen molar-refractivity contribution in [2.45, 2.75) is 0 Å². The molecule has 86 valence electrons. The maximum absolute atomic E-state index is 11.3. The van der Waals surface area contributed by atoms with Gasteiger partial charge in [0.25, 0.3) is 0 Å². The van der Waals surface area contributed by atoms with Crippen LogP contribution in [0.25, 0.3) is 21.1 Å². The van der Waals surface area contributed by atoms with E-state index >= 15 is 0 Å². The van der Waals surface area contributed by atoms with Crippen molar-refractivity contribution in [3.05, 3.63) is 34.0 Å². The average Bonchev–Trinajstić information content (AvgIpc) is 2.72. The summed E-state index contributed by atoms with van der Waals surface area (Å²) in [5.74, 6) is 0.321. The number of ether oxygens (including phenoxy) is 1. The van der Waals surface area contributed by atoms with Crippen molar-refractivity contribution in [2.24, 2.45) is 0 Å². The van der Waals surface area contributed by atoms with Gasteiger partial charge in [0.1, 0.15) is 4.70 Å². The molecule has 0 aliphatic carbocycles. The van der Waals surface area contributed by atoms with Crippen LogP contribution in [0.2, 0.25) is 0 Å². The van der Waals surface area contributed by atoms with Gasteiger partial charge in [0, 0.05) is 10.8 Å². The Hall–Kier alpha value is -2.01. The Labute approximate surface area is 99.7 Å². The van der Waals surface area contributed by atoms with Crippen molar-refractivity contribution in [1.82, 2.24) is 0 Å². The van der Waals surface area contributed by atoms with Crippen molar-refractivity contribution in [3.63, 3.8) is 0 Å². The molecule has 1 N–H and O–H groups in total. The summed E-state index contributed by atoms with van der Waals surface area (Å²) in [6, 6.07) is 7.18. The maximum atomic E-state index is 11.3. The van der Waals surface area contributed by atoms with Gasteiger partial charge in [0.05, 0.1) is 7.11 Å². The molecule has 0 bridgehead atoms. The number of phenolic OH excluding ortho intramolecular Hbond substituents is 1. The first-order valence-electron chi connectivity index (χ1n) is 4.93. The third kappa shape index (κ3) is 1.32. The van der Waals surface area contributed by atoms with Gasteiger partial charge in [-0.15, -0.1) is 0 Å². The van der Waals surface area contributed by atoms with E-state index in [1.165, 1.54) is 7.11 Å². The normalized spacial score (nSPS) is 11.1. The predicted octanol–water partition coefficient (Wildman–Crippen LogP) is 2.72. The first kappa shape index (κ1) is 10.2. The number of hydrogen-bond donors (Lipinski definition) is 1. The zero-order valence-electron chi connectivity index (χ0n) is 8.89. The van der Waals surface area contributed by atoms with Crippen LogP contribution >= 0.6 is 11.3 Å². The second-order valence-electron chi connectivity index (χ2n) is 3.54. The zero-order valence-corrected chi connectivity index (χ0v) is 9.71. The lowest BCUT2D eigenvalue weighted by Crippen LogP contribution is -1.85. The summed E-state index contributed by atoms with van der Waals surface area (Å²) in [5, 5.41) is 11.4. The number of benzene rings is 2. The van der Waals surface area contributed by atoms with Crippen molar-refractivity contribution in [3.8, 4) is 11.5 Å². The minimum atomic E-state index is -0.408. The molecular formula is C12H8O4S. The minimum Gasteiger partial charge on any atom is -0.504 e. The molecule has 17 heavy (non-hydrogen) atoms. The van der Waals surface area contributed by atoms with Crippen LogP contribution in [0.15, 0.2) is 33.5 Å². The molecule has 0 aliphatic heterocycles. The van der Waals surface area contributed by atoms with Crippen LogP contribution in [0.5, 0.6) is 11.5 Å². The molecule has 1 heterocycles. The lowest BCUT2D eigenvalue weighted by molar-refractivity contribution is 0.381. The van der Waals surface area contributed by atoms with Crippen LogP contribution in [-0.4, -0.2) is 12.2 Å². The SMILES string of the molecule is COc1c(O)c2ccccc2c2oc(=O)sc12. The number of fused-ring (bicyclic) bond motifs is 3. The lowest BCUT2D eigenvalue weighted by atomic mass is 10.1. The highest BCUT2D eigenvalue weighted by Crippen LogP contribution is 2.43. The molecule has 2 aromatic carbocycles. The van der Waals surface area contributed by atoms with Crippen LogP contribution in [0.4, 0.5) is 0 Å². The lowest BCUT2D eigenvalue weighted by Gasteiger charge is -2.07. The van der Waals surface area contributed by atoms with E-state index in [1.807, 2.05) is 6.07 Å². The molecule has 5 heteroatoms. The van der Waals surface area contributed by atoms with Gasteiger partial charge in [-0.05, 0) is 11.3 Å². The Balaban J connectivity index is 2.67. The smallest absolute Gasteiger partial charge is 0.396 e. The van der Waals surface area contributed by atoms with Crippen molar-refractivity contribution >= 4 is 32.4 Å². The highest BCUT2D eigenvalue weighted by atomic mass is 32.1. The molecule has 1 aromatic heterocycles. The van der Waals surface area contributed by atoms with Crippen LogP contribution < -0.4 is 9.68 Å². The summed E-state index contributed by atoms with van der Waals surface area (Å²) >= 11 is 0.925. The Morgan fingerprint density at radius 1 is 1.29 bits per heavy atom. The molecule has 3 rings (SSSR count). The van der Waals surface area contributed by atoms with Gasteiger partial charge < -0.3 is 14.3 Å². The third-order valence-corrected chi connectivity index (χ3v) is 3.45. The molecule has 3 aromatic rings. The number of rotatable bonds is 1. The molecule has 0 unspecified atom stereocenters. The molecule has 0 saturated carbocycles. The van der Waals surface area contributed by atoms with Crippen molar-refractivity contribution in [1.29, 1.82) is 0 Å². The number of phenols is 1. The molecule has 0 spiro atoms.